The molecular formula is C26H27FN2O3. The van der Waals surface area contributed by atoms with Gasteiger partial charge in [0.25, 0.3) is 5.91 Å². The van der Waals surface area contributed by atoms with Crippen LogP contribution in [0, 0.1) is 12.7 Å². The third-order valence-electron chi connectivity index (χ3n) is 5.14. The van der Waals surface area contributed by atoms with Gasteiger partial charge < -0.3 is 15.0 Å². The quantitative estimate of drug-likeness (QED) is 0.556. The number of halogens is 1. The van der Waals surface area contributed by atoms with Crippen molar-refractivity contribution in [1.29, 1.82) is 0 Å². The highest BCUT2D eigenvalue weighted by molar-refractivity contribution is 5.88. The molecule has 3 aromatic rings. The van der Waals surface area contributed by atoms with Crippen LogP contribution in [0.4, 0.5) is 4.39 Å². The fraction of sp³-hybridized carbons (Fsp3) is 0.231. The lowest BCUT2D eigenvalue weighted by Gasteiger charge is -2.31. The minimum absolute atomic E-state index is 0.00379. The second-order valence-corrected chi connectivity index (χ2v) is 7.55. The molecule has 2 amide bonds. The summed E-state index contributed by atoms with van der Waals surface area (Å²) < 4.78 is 19.4. The van der Waals surface area contributed by atoms with Crippen molar-refractivity contribution in [3.63, 3.8) is 0 Å². The molecule has 0 saturated heterocycles. The molecule has 6 heteroatoms. The molecule has 0 aliphatic carbocycles. The van der Waals surface area contributed by atoms with Crippen LogP contribution >= 0.6 is 0 Å². The van der Waals surface area contributed by atoms with Crippen LogP contribution in [-0.4, -0.2) is 36.4 Å². The summed E-state index contributed by atoms with van der Waals surface area (Å²) >= 11 is 0. The van der Waals surface area contributed by atoms with E-state index in [0.29, 0.717) is 6.42 Å². The average Bonchev–Trinajstić information content (AvgIpc) is 2.81. The van der Waals surface area contributed by atoms with E-state index in [2.05, 4.69) is 5.32 Å². The summed E-state index contributed by atoms with van der Waals surface area (Å²) in [6.45, 7) is 1.82. The number of amides is 2. The van der Waals surface area contributed by atoms with E-state index >= 15 is 0 Å². The van der Waals surface area contributed by atoms with Crippen LogP contribution in [0.15, 0.2) is 78.9 Å². The van der Waals surface area contributed by atoms with Gasteiger partial charge >= 0.3 is 0 Å². The number of ether oxygens (including phenoxy) is 1. The fourth-order valence-electron chi connectivity index (χ4n) is 3.51. The molecule has 0 aliphatic heterocycles. The van der Waals surface area contributed by atoms with Crippen molar-refractivity contribution in [2.75, 3.05) is 13.7 Å². The summed E-state index contributed by atoms with van der Waals surface area (Å²) in [5.74, 6) is -1.23. The van der Waals surface area contributed by atoms with Crippen molar-refractivity contribution >= 4 is 11.8 Å². The maximum absolute atomic E-state index is 13.9. The fourth-order valence-corrected chi connectivity index (χ4v) is 3.51. The van der Waals surface area contributed by atoms with E-state index in [1.54, 1.807) is 19.2 Å². The van der Waals surface area contributed by atoms with Crippen molar-refractivity contribution in [2.24, 2.45) is 0 Å². The van der Waals surface area contributed by atoms with Crippen molar-refractivity contribution in [3.8, 4) is 5.75 Å². The number of rotatable bonds is 9. The van der Waals surface area contributed by atoms with Gasteiger partial charge in [-0.2, -0.15) is 0 Å². The number of para-hydroxylation sites is 1. The molecule has 166 valence electrons. The predicted molar refractivity (Wildman–Crippen MR) is 122 cm³/mol. The van der Waals surface area contributed by atoms with E-state index in [-0.39, 0.29) is 24.8 Å². The summed E-state index contributed by atoms with van der Waals surface area (Å²) in [7, 11) is 1.55. The SMILES string of the molecule is CNC(=O)C(Cc1ccccc1)N(Cc1cccc(C)c1)C(=O)COc1ccccc1F. The van der Waals surface area contributed by atoms with Gasteiger partial charge in [-0.05, 0) is 30.2 Å². The molecule has 0 fully saturated rings. The second-order valence-electron chi connectivity index (χ2n) is 7.55. The molecule has 0 spiro atoms. The monoisotopic (exact) mass is 434 g/mol. The smallest absolute Gasteiger partial charge is 0.261 e. The number of nitrogens with one attached hydrogen (secondary N) is 1. The highest BCUT2D eigenvalue weighted by atomic mass is 19.1. The van der Waals surface area contributed by atoms with Crippen LogP contribution < -0.4 is 10.1 Å². The highest BCUT2D eigenvalue weighted by Gasteiger charge is 2.30. The largest absolute Gasteiger partial charge is 0.481 e. The summed E-state index contributed by atoms with van der Waals surface area (Å²) in [5, 5.41) is 2.67. The van der Waals surface area contributed by atoms with Crippen molar-refractivity contribution in [3.05, 3.63) is 101 Å². The Morgan fingerprint density at radius 1 is 0.969 bits per heavy atom. The van der Waals surface area contributed by atoms with Crippen LogP contribution in [0.25, 0.3) is 0 Å². The number of benzene rings is 3. The Hall–Kier alpha value is -3.67. The molecule has 1 N–H and O–H groups in total. The lowest BCUT2D eigenvalue weighted by atomic mass is 10.0. The average molecular weight is 435 g/mol. The van der Waals surface area contributed by atoms with Crippen molar-refractivity contribution in [2.45, 2.75) is 25.9 Å². The maximum Gasteiger partial charge on any atom is 0.261 e. The summed E-state index contributed by atoms with van der Waals surface area (Å²) in [6.07, 6.45) is 0.345. The van der Waals surface area contributed by atoms with Crippen LogP contribution in [-0.2, 0) is 22.6 Å². The van der Waals surface area contributed by atoms with Crippen LogP contribution in [0.5, 0.6) is 5.75 Å². The first kappa shape index (κ1) is 23.0. The number of hydrogen-bond acceptors (Lipinski definition) is 3. The van der Waals surface area contributed by atoms with Gasteiger partial charge in [0.15, 0.2) is 18.2 Å². The number of hydrogen-bond donors (Lipinski definition) is 1. The van der Waals surface area contributed by atoms with Gasteiger partial charge in [-0.3, -0.25) is 9.59 Å². The minimum Gasteiger partial charge on any atom is -0.481 e. The van der Waals surface area contributed by atoms with Gasteiger partial charge in [-0.25, -0.2) is 4.39 Å². The molecule has 32 heavy (non-hydrogen) atoms. The molecule has 0 aromatic heterocycles. The van der Waals surface area contributed by atoms with Crippen LogP contribution in [0.2, 0.25) is 0 Å². The minimum atomic E-state index is -0.750. The molecule has 5 nitrogen and oxygen atoms in total. The molecular weight excluding hydrogens is 407 g/mol. The number of carbonyl (C=O) groups is 2. The summed E-state index contributed by atoms with van der Waals surface area (Å²) in [6, 6.07) is 22.5. The number of nitrogens with zero attached hydrogens (tertiary/aromatic N) is 1. The van der Waals surface area contributed by atoms with E-state index in [0.717, 1.165) is 16.7 Å². The Labute approximate surface area is 187 Å². The van der Waals surface area contributed by atoms with E-state index in [1.807, 2.05) is 61.5 Å². The number of carbonyl (C=O) groups excluding carboxylic acids is 2. The Balaban J connectivity index is 1.88. The molecule has 0 radical (unpaired) electrons. The second kappa shape index (κ2) is 11.1. The maximum atomic E-state index is 13.9. The topological polar surface area (TPSA) is 58.6 Å². The van der Waals surface area contributed by atoms with Crippen molar-refractivity contribution in [1.82, 2.24) is 10.2 Å². The first-order valence-corrected chi connectivity index (χ1v) is 10.5. The highest BCUT2D eigenvalue weighted by Crippen LogP contribution is 2.18. The molecule has 0 saturated carbocycles. The van der Waals surface area contributed by atoms with Gasteiger partial charge in [0.1, 0.15) is 6.04 Å². The summed E-state index contributed by atoms with van der Waals surface area (Å²) in [5.41, 5.74) is 2.88. The third-order valence-corrected chi connectivity index (χ3v) is 5.14. The Kier molecular flexibility index (Phi) is 7.97. The Morgan fingerprint density at radius 3 is 2.34 bits per heavy atom. The zero-order chi connectivity index (χ0) is 22.9. The van der Waals surface area contributed by atoms with Crippen LogP contribution in [0.1, 0.15) is 16.7 Å². The molecule has 0 heterocycles. The Morgan fingerprint density at radius 2 is 1.66 bits per heavy atom. The molecule has 3 rings (SSSR count). The molecule has 0 aliphatic rings. The van der Waals surface area contributed by atoms with E-state index in [1.165, 1.54) is 17.0 Å². The number of likely N-dealkylation sites (N-methyl/N-ethyl adjacent to an activating group) is 1. The zero-order valence-corrected chi connectivity index (χ0v) is 18.3. The zero-order valence-electron chi connectivity index (χ0n) is 18.3. The van der Waals surface area contributed by atoms with E-state index in [4.69, 9.17) is 4.74 Å². The van der Waals surface area contributed by atoms with Gasteiger partial charge in [0.2, 0.25) is 5.91 Å². The van der Waals surface area contributed by atoms with Gasteiger partial charge in [0.05, 0.1) is 0 Å². The van der Waals surface area contributed by atoms with E-state index < -0.39 is 17.8 Å². The molecule has 3 aromatic carbocycles. The lowest BCUT2D eigenvalue weighted by molar-refractivity contribution is -0.142. The molecule has 0 bridgehead atoms. The van der Waals surface area contributed by atoms with Gasteiger partial charge in [0, 0.05) is 20.0 Å². The van der Waals surface area contributed by atoms with E-state index in [9.17, 15) is 14.0 Å². The van der Waals surface area contributed by atoms with Crippen LogP contribution in [0.3, 0.4) is 0 Å². The standard InChI is InChI=1S/C26H27FN2O3/c1-19-9-8-12-21(15-19)17-29(25(30)18-32-24-14-7-6-13-22(24)27)23(26(31)28-2)16-20-10-4-3-5-11-20/h3-15,23H,16-18H2,1-2H3,(H,28,31). The number of aryl methyl sites for hydroxylation is 1. The third kappa shape index (κ3) is 6.17. The molecule has 1 atom stereocenters. The Bertz CT molecular complexity index is 1060. The first-order valence-electron chi connectivity index (χ1n) is 10.5. The normalized spacial score (nSPS) is 11.5. The van der Waals surface area contributed by atoms with Gasteiger partial charge in [-0.1, -0.05) is 72.3 Å². The van der Waals surface area contributed by atoms with Gasteiger partial charge in [-0.15, -0.1) is 0 Å². The first-order chi connectivity index (χ1) is 15.5. The predicted octanol–water partition coefficient (Wildman–Crippen LogP) is 3.90. The van der Waals surface area contributed by atoms with Crippen molar-refractivity contribution < 1.29 is 18.7 Å². The lowest BCUT2D eigenvalue weighted by Crippen LogP contribution is -2.51. The molecule has 1 unspecified atom stereocenters. The summed E-state index contributed by atoms with van der Waals surface area (Å²) in [4.78, 5) is 27.6.